The molecular formula is C87H138N6O28. The van der Waals surface area contributed by atoms with Gasteiger partial charge in [0, 0.05) is 96.7 Å². The van der Waals surface area contributed by atoms with Crippen molar-refractivity contribution in [3.8, 4) is 11.5 Å². The van der Waals surface area contributed by atoms with Gasteiger partial charge in [-0.05, 0) is 152 Å². The van der Waals surface area contributed by atoms with Crippen LogP contribution in [0.5, 0.6) is 11.5 Å². The number of carboxylic acid groups (broad SMARTS) is 4. The van der Waals surface area contributed by atoms with Crippen LogP contribution in [0.1, 0.15) is 240 Å². The van der Waals surface area contributed by atoms with Gasteiger partial charge in [0.2, 0.25) is 29.5 Å². The van der Waals surface area contributed by atoms with Crippen molar-refractivity contribution in [3.63, 3.8) is 0 Å². The maximum Gasteiger partial charge on any atom is 0.335 e. The zero-order valence-electron chi connectivity index (χ0n) is 71.4. The minimum Gasteiger partial charge on any atom is -0.494 e. The zero-order valence-corrected chi connectivity index (χ0v) is 71.4. The minimum absolute atomic E-state index is 0.0115. The van der Waals surface area contributed by atoms with E-state index < -0.39 is 66.1 Å². The molecule has 2 rings (SSSR count). The Bertz CT molecular complexity index is 3250. The van der Waals surface area contributed by atoms with Gasteiger partial charge in [-0.25, -0.2) is 14.4 Å². The molecule has 2 aromatic carbocycles. The van der Waals surface area contributed by atoms with Crippen molar-refractivity contribution in [2.24, 2.45) is 11.8 Å². The normalized spacial score (nSPS) is 12.1. The number of carbonyl (C=O) groups excluding carboxylic acids is 10. The summed E-state index contributed by atoms with van der Waals surface area (Å²) in [6.07, 6.45) is 19.7. The highest BCUT2D eigenvalue weighted by Crippen LogP contribution is 2.21. The van der Waals surface area contributed by atoms with E-state index in [4.69, 9.17) is 57.6 Å². The molecule has 0 radical (unpaired) electrons. The zero-order chi connectivity index (χ0) is 88.6. The smallest absolute Gasteiger partial charge is 0.335 e. The van der Waals surface area contributed by atoms with Crippen LogP contribution in [0, 0.1) is 11.8 Å². The van der Waals surface area contributed by atoms with Crippen LogP contribution in [-0.4, -0.2) is 267 Å². The monoisotopic (exact) mass is 1710 g/mol. The Labute approximate surface area is 712 Å². The van der Waals surface area contributed by atoms with Gasteiger partial charge in [0.05, 0.1) is 102 Å². The number of carboxylic acids is 4. The molecule has 0 bridgehead atoms. The van der Waals surface area contributed by atoms with Crippen LogP contribution in [0.15, 0.2) is 48.5 Å². The number of likely N-dealkylation sites (N-methyl/N-ethyl adjacent to an activating group) is 1. The van der Waals surface area contributed by atoms with Crippen molar-refractivity contribution in [3.05, 3.63) is 59.7 Å². The van der Waals surface area contributed by atoms with Gasteiger partial charge in [0.1, 0.15) is 61.3 Å². The van der Waals surface area contributed by atoms with Gasteiger partial charge < -0.3 is 99.7 Å². The van der Waals surface area contributed by atoms with Crippen LogP contribution in [-0.2, 0) is 95.4 Å². The second-order valence-corrected chi connectivity index (χ2v) is 29.6. The van der Waals surface area contributed by atoms with E-state index in [1.165, 1.54) is 31.2 Å². The summed E-state index contributed by atoms with van der Waals surface area (Å²) in [7, 11) is 1.67. The highest BCUT2D eigenvalue weighted by molar-refractivity contribution is 5.89. The van der Waals surface area contributed by atoms with Crippen LogP contribution in [0.2, 0.25) is 0 Å². The Hall–Kier alpha value is -8.74. The molecule has 0 aliphatic heterocycles. The SMILES string of the molecule is CN[C@@H](CCCCNC(=O)CC[C@H](CC(=O)COCCOCCCC(=O)COCCOCCNC(=O)CCCCCCCCCOc1ccc(C(=O)O)cc1)C(=O)O)C(=O)CC[C@@H](CCCCNC(=O)CC[C@H](NC(=O)COCCOCCNC(=O)COCCOCCCC(=O)CCCCCCCCCOc1ccc(C(=O)O)cc1)C(=O)O)C(C)=O. The van der Waals surface area contributed by atoms with Crippen LogP contribution >= 0.6 is 0 Å². The van der Waals surface area contributed by atoms with Crippen LogP contribution in [0.25, 0.3) is 0 Å². The minimum atomic E-state index is -1.35. The summed E-state index contributed by atoms with van der Waals surface area (Å²) in [5.41, 5.74) is 0.451. The number of hydrogen-bond donors (Lipinski definition) is 10. The fourth-order valence-corrected chi connectivity index (χ4v) is 12.4. The van der Waals surface area contributed by atoms with Crippen molar-refractivity contribution < 1.29 is 135 Å². The number of hydrogen-bond acceptors (Lipinski definition) is 25. The summed E-state index contributed by atoms with van der Waals surface area (Å²) in [6.45, 7) is 5.23. The molecule has 0 heterocycles. The molecule has 2 aromatic rings. The number of rotatable bonds is 85. The lowest BCUT2D eigenvalue weighted by Crippen LogP contribution is -2.43. The summed E-state index contributed by atoms with van der Waals surface area (Å²) in [5, 5.41) is 53.8. The van der Waals surface area contributed by atoms with Gasteiger partial charge in [0.25, 0.3) is 0 Å². The lowest BCUT2D eigenvalue weighted by molar-refractivity contribution is -0.145. The van der Waals surface area contributed by atoms with Gasteiger partial charge in [0.15, 0.2) is 11.6 Å². The molecule has 4 atom stereocenters. The number of unbranched alkanes of at least 4 members (excludes halogenated alkanes) is 14. The molecule has 684 valence electrons. The molecule has 0 fully saturated rings. The van der Waals surface area contributed by atoms with E-state index in [9.17, 15) is 77.3 Å². The quantitative estimate of drug-likeness (QED) is 0.0278. The fraction of sp³-hybridized carbons (Fsp3) is 0.701. The molecule has 5 amide bonds. The van der Waals surface area contributed by atoms with Crippen molar-refractivity contribution in [1.29, 1.82) is 0 Å². The number of nitrogens with one attached hydrogen (secondary N) is 6. The second kappa shape index (κ2) is 72.9. The molecule has 0 spiro atoms. The van der Waals surface area contributed by atoms with E-state index >= 15 is 0 Å². The lowest BCUT2D eigenvalue weighted by atomic mass is 9.90. The number of ether oxygens (including phenoxy) is 10. The van der Waals surface area contributed by atoms with Crippen LogP contribution in [0.4, 0.5) is 0 Å². The summed E-state index contributed by atoms with van der Waals surface area (Å²) in [5.74, 6) is -6.93. The predicted molar refractivity (Wildman–Crippen MR) is 446 cm³/mol. The van der Waals surface area contributed by atoms with E-state index in [1.807, 2.05) is 0 Å². The maximum absolute atomic E-state index is 13.2. The third kappa shape index (κ3) is 62.1. The van der Waals surface area contributed by atoms with Crippen molar-refractivity contribution in [2.45, 2.75) is 231 Å². The van der Waals surface area contributed by atoms with E-state index in [0.29, 0.717) is 128 Å². The topological polar surface area (TPSA) is 484 Å². The average molecular weight is 1720 g/mol. The van der Waals surface area contributed by atoms with Crippen molar-refractivity contribution in [2.75, 3.05) is 152 Å². The maximum atomic E-state index is 13.2. The Morgan fingerprint density at radius 3 is 1.19 bits per heavy atom. The fourth-order valence-electron chi connectivity index (χ4n) is 12.4. The number of aliphatic carboxylic acids is 2. The van der Waals surface area contributed by atoms with Gasteiger partial charge in [-0.15, -0.1) is 0 Å². The van der Waals surface area contributed by atoms with E-state index in [2.05, 4.69) is 31.9 Å². The number of ketones is 5. The number of benzene rings is 2. The van der Waals surface area contributed by atoms with E-state index in [0.717, 1.165) is 89.9 Å². The molecule has 34 nitrogen and oxygen atoms in total. The number of carbonyl (C=O) groups is 14. The molecule has 0 saturated heterocycles. The number of Topliss-reactive ketones (excluding diaryl/α,β-unsaturated/α-hetero) is 5. The first-order chi connectivity index (χ1) is 58.5. The summed E-state index contributed by atoms with van der Waals surface area (Å²) in [4.78, 5) is 170. The van der Waals surface area contributed by atoms with E-state index in [-0.39, 0.29) is 202 Å². The molecule has 0 aliphatic rings. The Morgan fingerprint density at radius 2 is 0.702 bits per heavy atom. The Kier molecular flexibility index (Phi) is 65.2. The van der Waals surface area contributed by atoms with Crippen LogP contribution < -0.4 is 41.4 Å². The molecule has 0 unspecified atom stereocenters. The van der Waals surface area contributed by atoms with Gasteiger partial charge in [-0.1, -0.05) is 70.6 Å². The van der Waals surface area contributed by atoms with Crippen molar-refractivity contribution in [1.82, 2.24) is 31.9 Å². The highest BCUT2D eigenvalue weighted by atomic mass is 16.5. The highest BCUT2D eigenvalue weighted by Gasteiger charge is 2.25. The Morgan fingerprint density at radius 1 is 0.306 bits per heavy atom. The predicted octanol–water partition coefficient (Wildman–Crippen LogP) is 8.35. The molecule has 121 heavy (non-hydrogen) atoms. The van der Waals surface area contributed by atoms with Gasteiger partial charge in [-0.3, -0.25) is 52.7 Å². The van der Waals surface area contributed by atoms with Crippen molar-refractivity contribution >= 4 is 82.3 Å². The van der Waals surface area contributed by atoms with Gasteiger partial charge >= 0.3 is 23.9 Å². The first-order valence-electron chi connectivity index (χ1n) is 43.1. The third-order valence-electron chi connectivity index (χ3n) is 19.4. The largest absolute Gasteiger partial charge is 0.494 e. The molecule has 0 aromatic heterocycles. The number of amides is 5. The summed E-state index contributed by atoms with van der Waals surface area (Å²) >= 11 is 0. The summed E-state index contributed by atoms with van der Waals surface area (Å²) < 4.78 is 54.6. The number of aromatic carboxylic acids is 2. The first-order valence-corrected chi connectivity index (χ1v) is 43.1. The molecule has 10 N–H and O–H groups in total. The first kappa shape index (κ1) is 108. The lowest BCUT2D eigenvalue weighted by Gasteiger charge is -2.18. The Balaban J connectivity index is 1.39. The average Bonchev–Trinajstić information content (AvgIpc) is 0.906. The molecule has 34 heteroatoms. The van der Waals surface area contributed by atoms with Crippen LogP contribution in [0.3, 0.4) is 0 Å². The second-order valence-electron chi connectivity index (χ2n) is 29.6. The van der Waals surface area contributed by atoms with E-state index in [1.54, 1.807) is 31.3 Å². The van der Waals surface area contributed by atoms with Gasteiger partial charge in [-0.2, -0.15) is 0 Å². The third-order valence-corrected chi connectivity index (χ3v) is 19.4. The molecule has 0 saturated carbocycles. The standard InChI is InChI=1S/C87H138N6O28/c1-66(94)67(23-15-17-43-90-81(101)42-39-77(87(110)111)93-83(103)65-119-60-56-115-52-46-92-82(102)64-118-59-54-112-47-21-25-71(95)24-13-9-5-3-7-11-19-49-120-74-35-29-68(30-36-74)84(104)105)33-40-78(98)76(88-2)27-16-18-44-89-80(100)41-34-70(86(108)109)61-73(97)63-117-57-53-113-48-22-26-72(96)62-116-58-55-114-51-45-91-79(99)28-14-10-6-4-8-12-20-50-121-75-37-31-69(32-38-75)85(106)107/h29-32,35-38,67,70,76-77,88H,3-28,33-34,39-65H2,1-2H3,(H,89,100)(H,90,101)(H,91,99)(H,92,102)(H,93,103)(H,104,105)(H,106,107)(H,108,109)(H,110,111)/t67-,70-,76+,77+/m1/s1. The molecular weight excluding hydrogens is 1580 g/mol. The molecule has 0 aliphatic carbocycles. The summed E-state index contributed by atoms with van der Waals surface area (Å²) in [6, 6.07) is 10.9.